The monoisotopic (exact) mass is 515 g/mol. The largest absolute Gasteiger partial charge is 0.507 e. The summed E-state index contributed by atoms with van der Waals surface area (Å²) in [5.74, 6) is -1.93. The molecular formula is C24H16BrClFNO4. The molecule has 3 aromatic carbocycles. The number of carbonyl (C=O) groups is 2. The lowest BCUT2D eigenvalue weighted by atomic mass is 9.95. The first-order valence-electron chi connectivity index (χ1n) is 9.47. The van der Waals surface area contributed by atoms with E-state index < -0.39 is 23.5 Å². The normalized spacial score (nSPS) is 17.6. The van der Waals surface area contributed by atoms with Gasteiger partial charge in [-0.05, 0) is 76.1 Å². The molecule has 1 heterocycles. The third kappa shape index (κ3) is 3.89. The van der Waals surface area contributed by atoms with Crippen molar-refractivity contribution in [1.29, 1.82) is 0 Å². The van der Waals surface area contributed by atoms with Gasteiger partial charge in [0.15, 0.2) is 0 Å². The zero-order chi connectivity index (χ0) is 23.0. The number of rotatable bonds is 4. The van der Waals surface area contributed by atoms with Gasteiger partial charge in [-0.15, -0.1) is 0 Å². The summed E-state index contributed by atoms with van der Waals surface area (Å²) < 4.78 is 19.4. The van der Waals surface area contributed by atoms with Crippen molar-refractivity contribution in [3.63, 3.8) is 0 Å². The van der Waals surface area contributed by atoms with E-state index in [2.05, 4.69) is 15.9 Å². The number of methoxy groups -OCH3 is 1. The van der Waals surface area contributed by atoms with Gasteiger partial charge in [0.25, 0.3) is 11.7 Å². The van der Waals surface area contributed by atoms with Crippen molar-refractivity contribution in [1.82, 2.24) is 0 Å². The van der Waals surface area contributed by atoms with E-state index in [4.69, 9.17) is 16.3 Å². The first kappa shape index (κ1) is 22.0. The van der Waals surface area contributed by atoms with Crippen LogP contribution in [0.25, 0.3) is 5.76 Å². The van der Waals surface area contributed by atoms with Gasteiger partial charge in [-0.3, -0.25) is 14.5 Å². The van der Waals surface area contributed by atoms with E-state index in [1.165, 1.54) is 36.3 Å². The predicted octanol–water partition coefficient (Wildman–Crippen LogP) is 5.88. The molecule has 1 saturated heterocycles. The molecule has 1 N–H and O–H groups in total. The molecule has 1 unspecified atom stereocenters. The molecule has 32 heavy (non-hydrogen) atoms. The summed E-state index contributed by atoms with van der Waals surface area (Å²) in [4.78, 5) is 27.4. The molecule has 8 heteroatoms. The number of carbonyl (C=O) groups excluding carboxylic acids is 2. The van der Waals surface area contributed by atoms with Gasteiger partial charge in [-0.2, -0.15) is 0 Å². The molecule has 1 aliphatic heterocycles. The molecule has 0 spiro atoms. The van der Waals surface area contributed by atoms with Crippen LogP contribution in [0.4, 0.5) is 10.1 Å². The zero-order valence-electron chi connectivity index (χ0n) is 16.7. The third-order valence-electron chi connectivity index (χ3n) is 5.16. The molecule has 5 nitrogen and oxygen atoms in total. The highest BCUT2D eigenvalue weighted by atomic mass is 79.9. The van der Waals surface area contributed by atoms with Crippen LogP contribution in [0.3, 0.4) is 0 Å². The van der Waals surface area contributed by atoms with Crippen LogP contribution in [0.2, 0.25) is 5.02 Å². The zero-order valence-corrected chi connectivity index (χ0v) is 19.0. The number of nitrogens with zero attached hydrogens (tertiary/aromatic N) is 1. The molecule has 1 atom stereocenters. The number of anilines is 1. The van der Waals surface area contributed by atoms with Crippen LogP contribution >= 0.6 is 27.5 Å². The van der Waals surface area contributed by atoms with Gasteiger partial charge in [0.1, 0.15) is 17.3 Å². The highest BCUT2D eigenvalue weighted by molar-refractivity contribution is 9.10. The number of ether oxygens (including phenoxy) is 1. The summed E-state index contributed by atoms with van der Waals surface area (Å²) in [6, 6.07) is 15.7. The van der Waals surface area contributed by atoms with E-state index >= 15 is 0 Å². The van der Waals surface area contributed by atoms with Gasteiger partial charge in [-0.1, -0.05) is 23.7 Å². The number of hydrogen-bond acceptors (Lipinski definition) is 4. The van der Waals surface area contributed by atoms with Crippen molar-refractivity contribution in [2.75, 3.05) is 12.0 Å². The maximum Gasteiger partial charge on any atom is 0.300 e. The Morgan fingerprint density at radius 2 is 1.72 bits per heavy atom. The number of aliphatic hydroxyl groups is 1. The summed E-state index contributed by atoms with van der Waals surface area (Å²) in [5.41, 5.74) is 1.10. The van der Waals surface area contributed by atoms with E-state index in [0.29, 0.717) is 32.1 Å². The van der Waals surface area contributed by atoms with Crippen molar-refractivity contribution in [3.05, 3.63) is 98.7 Å². The molecule has 0 saturated carbocycles. The Hall–Kier alpha value is -3.16. The molecule has 0 radical (unpaired) electrons. The van der Waals surface area contributed by atoms with Crippen molar-refractivity contribution < 1.29 is 23.8 Å². The van der Waals surface area contributed by atoms with Crippen LogP contribution in [0.1, 0.15) is 17.2 Å². The molecule has 1 aliphatic rings. The van der Waals surface area contributed by atoms with Crippen molar-refractivity contribution in [2.24, 2.45) is 0 Å². The number of amides is 1. The van der Waals surface area contributed by atoms with Gasteiger partial charge in [-0.25, -0.2) is 4.39 Å². The molecule has 1 fully saturated rings. The van der Waals surface area contributed by atoms with Gasteiger partial charge >= 0.3 is 0 Å². The smallest absolute Gasteiger partial charge is 0.300 e. The average molecular weight is 517 g/mol. The van der Waals surface area contributed by atoms with Crippen LogP contribution < -0.4 is 9.64 Å². The highest BCUT2D eigenvalue weighted by Gasteiger charge is 2.47. The molecule has 0 bridgehead atoms. The Balaban J connectivity index is 1.93. The van der Waals surface area contributed by atoms with E-state index in [0.717, 1.165) is 0 Å². The van der Waals surface area contributed by atoms with Gasteiger partial charge < -0.3 is 9.84 Å². The Bertz CT molecular complexity index is 1240. The Labute approximate surface area is 196 Å². The fourth-order valence-electron chi connectivity index (χ4n) is 3.63. The second-order valence-corrected chi connectivity index (χ2v) is 8.34. The summed E-state index contributed by atoms with van der Waals surface area (Å²) in [6.07, 6.45) is 0. The van der Waals surface area contributed by atoms with Crippen LogP contribution in [-0.4, -0.2) is 23.9 Å². The Kier molecular flexibility index (Phi) is 6.04. The quantitative estimate of drug-likeness (QED) is 0.267. The molecule has 0 aromatic heterocycles. The van der Waals surface area contributed by atoms with E-state index in [1.807, 2.05) is 0 Å². The van der Waals surface area contributed by atoms with Crippen LogP contribution in [0.5, 0.6) is 5.75 Å². The topological polar surface area (TPSA) is 66.8 Å². The summed E-state index contributed by atoms with van der Waals surface area (Å²) in [5, 5.41) is 11.6. The van der Waals surface area contributed by atoms with Crippen LogP contribution in [0, 0.1) is 5.82 Å². The summed E-state index contributed by atoms with van der Waals surface area (Å²) in [7, 11) is 1.51. The number of aliphatic hydroxyl groups excluding tert-OH is 1. The van der Waals surface area contributed by atoms with Gasteiger partial charge in [0.05, 0.1) is 23.2 Å². The number of Topliss-reactive ketones (excluding diaryl/α,β-unsaturated/α-hetero) is 1. The number of hydrogen-bond donors (Lipinski definition) is 1. The third-order valence-corrected chi connectivity index (χ3v) is 6.03. The first-order valence-corrected chi connectivity index (χ1v) is 10.6. The SMILES string of the molecule is COc1ccc(/C(O)=C2/C(=O)C(=O)N(c3ccc(Cl)cc3)C2c2ccc(F)cc2)cc1Br. The minimum Gasteiger partial charge on any atom is -0.507 e. The molecular weight excluding hydrogens is 501 g/mol. The van der Waals surface area contributed by atoms with Gasteiger partial charge in [0.2, 0.25) is 0 Å². The fourth-order valence-corrected chi connectivity index (χ4v) is 4.30. The summed E-state index contributed by atoms with van der Waals surface area (Å²) in [6.45, 7) is 0. The standard InChI is InChI=1S/C24H16BrClFNO4/c1-32-19-11-4-14(12-18(19)25)22(29)20-21(13-2-7-16(27)8-3-13)28(24(31)23(20)30)17-9-5-15(26)6-10-17/h2-12,21,29H,1H3/b22-20-. The second kappa shape index (κ2) is 8.76. The molecule has 3 aromatic rings. The van der Waals surface area contributed by atoms with E-state index in [-0.39, 0.29) is 11.3 Å². The summed E-state index contributed by atoms with van der Waals surface area (Å²) >= 11 is 9.34. The first-order chi connectivity index (χ1) is 15.3. The predicted molar refractivity (Wildman–Crippen MR) is 123 cm³/mol. The minimum atomic E-state index is -0.961. The van der Waals surface area contributed by atoms with Crippen LogP contribution in [0.15, 0.2) is 76.8 Å². The van der Waals surface area contributed by atoms with Crippen LogP contribution in [-0.2, 0) is 9.59 Å². The van der Waals surface area contributed by atoms with E-state index in [9.17, 15) is 19.1 Å². The highest BCUT2D eigenvalue weighted by Crippen LogP contribution is 2.43. The molecule has 1 amide bonds. The lowest BCUT2D eigenvalue weighted by Gasteiger charge is -2.25. The Morgan fingerprint density at radius 3 is 2.31 bits per heavy atom. The fraction of sp³-hybridized carbons (Fsp3) is 0.0833. The molecule has 4 rings (SSSR count). The average Bonchev–Trinajstić information content (AvgIpc) is 3.05. The minimum absolute atomic E-state index is 0.103. The van der Waals surface area contributed by atoms with Crippen molar-refractivity contribution in [2.45, 2.75) is 6.04 Å². The number of benzene rings is 3. The molecule has 162 valence electrons. The van der Waals surface area contributed by atoms with E-state index in [1.54, 1.807) is 42.5 Å². The Morgan fingerprint density at radius 1 is 1.06 bits per heavy atom. The van der Waals surface area contributed by atoms with Gasteiger partial charge in [0, 0.05) is 16.3 Å². The lowest BCUT2D eigenvalue weighted by molar-refractivity contribution is -0.132. The molecule has 0 aliphatic carbocycles. The van der Waals surface area contributed by atoms with Crippen molar-refractivity contribution in [3.8, 4) is 5.75 Å². The maximum atomic E-state index is 13.6. The second-order valence-electron chi connectivity index (χ2n) is 7.05. The maximum absolute atomic E-state index is 13.6. The number of halogens is 3. The lowest BCUT2D eigenvalue weighted by Crippen LogP contribution is -2.29. The van der Waals surface area contributed by atoms with Crippen molar-refractivity contribution >= 4 is 50.7 Å². The number of ketones is 1.